The van der Waals surface area contributed by atoms with Crippen molar-refractivity contribution < 1.29 is 27.4 Å². The van der Waals surface area contributed by atoms with Crippen LogP contribution in [0.2, 0.25) is 5.02 Å². The molecule has 1 aliphatic rings. The Bertz CT molecular complexity index is 653. The minimum absolute atomic E-state index is 0.126. The lowest BCUT2D eigenvalue weighted by atomic mass is 10.0. The Hall–Kier alpha value is -1.18. The van der Waals surface area contributed by atoms with E-state index in [2.05, 4.69) is 0 Å². The van der Waals surface area contributed by atoms with Gasteiger partial charge in [0.15, 0.2) is 15.7 Å². The number of benzene rings is 1. The molecule has 8 heteroatoms. The molecular weight excluding hydrogens is 323 g/mol. The van der Waals surface area contributed by atoms with Crippen molar-refractivity contribution in [3.05, 3.63) is 28.5 Å². The van der Waals surface area contributed by atoms with Crippen molar-refractivity contribution in [2.24, 2.45) is 5.92 Å². The number of hydrogen-bond donors (Lipinski definition) is 1. The third-order valence-corrected chi connectivity index (χ3v) is 5.46. The predicted molar refractivity (Wildman–Crippen MR) is 74.0 cm³/mol. The van der Waals surface area contributed by atoms with Gasteiger partial charge in [0.25, 0.3) is 0 Å². The molecule has 0 atom stereocenters. The monoisotopic (exact) mass is 336 g/mol. The van der Waals surface area contributed by atoms with Crippen LogP contribution in [-0.4, -0.2) is 38.5 Å². The molecule has 21 heavy (non-hydrogen) atoms. The lowest BCUT2D eigenvalue weighted by molar-refractivity contribution is 0.0691. The number of sulfone groups is 1. The fourth-order valence-corrected chi connectivity index (χ4v) is 4.37. The first-order valence-electron chi connectivity index (χ1n) is 6.34. The van der Waals surface area contributed by atoms with Gasteiger partial charge < -0.3 is 9.84 Å². The number of aromatic carboxylic acids is 1. The molecule has 0 amide bonds. The fraction of sp³-hybridized carbons (Fsp3) is 0.462. The number of rotatable bonds is 4. The number of carboxylic acid groups (broad SMARTS) is 1. The van der Waals surface area contributed by atoms with E-state index >= 15 is 0 Å². The maximum absolute atomic E-state index is 14.1. The first kappa shape index (κ1) is 16.2. The van der Waals surface area contributed by atoms with Crippen molar-refractivity contribution in [3.8, 4) is 0 Å². The highest BCUT2D eigenvalue weighted by atomic mass is 35.5. The van der Waals surface area contributed by atoms with E-state index in [9.17, 15) is 17.6 Å². The Balaban J connectivity index is 2.37. The van der Waals surface area contributed by atoms with Crippen LogP contribution in [0.1, 0.15) is 23.2 Å². The molecule has 1 heterocycles. The van der Waals surface area contributed by atoms with E-state index in [0.717, 1.165) is 12.1 Å². The molecule has 5 nitrogen and oxygen atoms in total. The van der Waals surface area contributed by atoms with E-state index in [1.807, 2.05) is 0 Å². The highest BCUT2D eigenvalue weighted by Crippen LogP contribution is 2.27. The number of ether oxygens (including phenoxy) is 1. The van der Waals surface area contributed by atoms with Crippen LogP contribution in [0, 0.1) is 11.7 Å². The van der Waals surface area contributed by atoms with E-state index < -0.39 is 32.1 Å². The zero-order valence-corrected chi connectivity index (χ0v) is 12.6. The molecular formula is C13H14ClFO5S. The van der Waals surface area contributed by atoms with Crippen molar-refractivity contribution in [3.63, 3.8) is 0 Å². The second-order valence-electron chi connectivity index (χ2n) is 4.91. The van der Waals surface area contributed by atoms with Crippen LogP contribution in [0.4, 0.5) is 4.39 Å². The van der Waals surface area contributed by atoms with Gasteiger partial charge >= 0.3 is 5.97 Å². The van der Waals surface area contributed by atoms with Crippen LogP contribution in [0.5, 0.6) is 0 Å². The van der Waals surface area contributed by atoms with Gasteiger partial charge in [-0.15, -0.1) is 0 Å². The second-order valence-corrected chi connectivity index (χ2v) is 7.35. The van der Waals surface area contributed by atoms with Gasteiger partial charge in [0.2, 0.25) is 0 Å². The average molecular weight is 337 g/mol. The summed E-state index contributed by atoms with van der Waals surface area (Å²) in [6.45, 7) is 0.942. The highest BCUT2D eigenvalue weighted by Gasteiger charge is 2.28. The Morgan fingerprint density at radius 1 is 1.38 bits per heavy atom. The number of carbonyl (C=O) groups is 1. The number of carboxylic acids is 1. The lowest BCUT2D eigenvalue weighted by Gasteiger charge is -2.22. The molecule has 2 rings (SSSR count). The Morgan fingerprint density at radius 2 is 2.00 bits per heavy atom. The molecule has 0 aromatic heterocycles. The first-order valence-corrected chi connectivity index (χ1v) is 8.37. The SMILES string of the molecule is O=C(O)c1cc(Cl)cc(S(=O)(=O)CC2CCOCC2)c1F. The highest BCUT2D eigenvalue weighted by molar-refractivity contribution is 7.91. The summed E-state index contributed by atoms with van der Waals surface area (Å²) >= 11 is 5.70. The van der Waals surface area contributed by atoms with Gasteiger partial charge in [0, 0.05) is 18.2 Å². The summed E-state index contributed by atoms with van der Waals surface area (Å²) in [4.78, 5) is 10.3. The molecule has 0 aliphatic carbocycles. The summed E-state index contributed by atoms with van der Waals surface area (Å²) in [7, 11) is -3.95. The van der Waals surface area contributed by atoms with Crippen LogP contribution in [0.25, 0.3) is 0 Å². The van der Waals surface area contributed by atoms with Gasteiger partial charge in [0.05, 0.1) is 11.3 Å². The Morgan fingerprint density at radius 3 is 2.57 bits per heavy atom. The minimum atomic E-state index is -3.95. The normalized spacial score (nSPS) is 16.9. The number of halogens is 2. The van der Waals surface area contributed by atoms with E-state index in [1.165, 1.54) is 0 Å². The van der Waals surface area contributed by atoms with Crippen molar-refractivity contribution in [1.82, 2.24) is 0 Å². The van der Waals surface area contributed by atoms with Crippen LogP contribution >= 0.6 is 11.6 Å². The van der Waals surface area contributed by atoms with Gasteiger partial charge in [-0.25, -0.2) is 17.6 Å². The lowest BCUT2D eigenvalue weighted by Crippen LogP contribution is -2.24. The summed E-state index contributed by atoms with van der Waals surface area (Å²) in [5, 5.41) is 8.77. The maximum atomic E-state index is 14.1. The largest absolute Gasteiger partial charge is 0.478 e. The van der Waals surface area contributed by atoms with Gasteiger partial charge in [0.1, 0.15) is 4.90 Å². The summed E-state index contributed by atoms with van der Waals surface area (Å²) < 4.78 is 43.9. The van der Waals surface area contributed by atoms with E-state index in [1.54, 1.807) is 0 Å². The molecule has 1 fully saturated rings. The molecule has 0 bridgehead atoms. The molecule has 1 aromatic carbocycles. The third kappa shape index (κ3) is 3.72. The predicted octanol–water partition coefficient (Wildman–Crippen LogP) is 2.38. The molecule has 1 N–H and O–H groups in total. The van der Waals surface area contributed by atoms with Gasteiger partial charge in [-0.05, 0) is 30.9 Å². The standard InChI is InChI=1S/C13H14ClFO5S/c14-9-5-10(13(16)17)12(15)11(6-9)21(18,19)7-8-1-3-20-4-2-8/h5-6,8H,1-4,7H2,(H,16,17). The Kier molecular flexibility index (Phi) is 4.85. The molecule has 1 aromatic rings. The smallest absolute Gasteiger partial charge is 0.338 e. The molecule has 0 spiro atoms. The summed E-state index contributed by atoms with van der Waals surface area (Å²) in [6.07, 6.45) is 1.15. The molecule has 0 unspecified atom stereocenters. The fourth-order valence-electron chi connectivity index (χ4n) is 2.26. The topological polar surface area (TPSA) is 80.7 Å². The van der Waals surface area contributed by atoms with E-state index in [4.69, 9.17) is 21.4 Å². The average Bonchev–Trinajstić information content (AvgIpc) is 2.41. The van der Waals surface area contributed by atoms with Crippen LogP contribution < -0.4 is 0 Å². The molecule has 1 saturated heterocycles. The molecule has 116 valence electrons. The summed E-state index contributed by atoms with van der Waals surface area (Å²) in [5.74, 6) is -3.20. The van der Waals surface area contributed by atoms with Gasteiger partial charge in [-0.2, -0.15) is 0 Å². The van der Waals surface area contributed by atoms with Crippen LogP contribution in [0.3, 0.4) is 0 Å². The quantitative estimate of drug-likeness (QED) is 0.913. The van der Waals surface area contributed by atoms with Crippen LogP contribution in [-0.2, 0) is 14.6 Å². The Labute approximate surface area is 126 Å². The zero-order chi connectivity index (χ0) is 15.6. The molecule has 0 radical (unpaired) electrons. The van der Waals surface area contributed by atoms with E-state index in [0.29, 0.717) is 26.1 Å². The molecule has 0 saturated carbocycles. The zero-order valence-electron chi connectivity index (χ0n) is 11.0. The third-order valence-electron chi connectivity index (χ3n) is 3.37. The van der Waals surface area contributed by atoms with Crippen LogP contribution in [0.15, 0.2) is 17.0 Å². The number of hydrogen-bond acceptors (Lipinski definition) is 4. The maximum Gasteiger partial charge on any atom is 0.338 e. The van der Waals surface area contributed by atoms with Gasteiger partial charge in [-0.3, -0.25) is 0 Å². The van der Waals surface area contributed by atoms with Crippen molar-refractivity contribution >= 4 is 27.4 Å². The van der Waals surface area contributed by atoms with Crippen molar-refractivity contribution in [2.45, 2.75) is 17.7 Å². The minimum Gasteiger partial charge on any atom is -0.478 e. The summed E-state index contributed by atoms with van der Waals surface area (Å²) in [6, 6.07) is 1.85. The molecule has 1 aliphatic heterocycles. The second kappa shape index (κ2) is 6.29. The van der Waals surface area contributed by atoms with E-state index in [-0.39, 0.29) is 16.7 Å². The summed E-state index contributed by atoms with van der Waals surface area (Å²) in [5.41, 5.74) is -0.743. The van der Waals surface area contributed by atoms with Crippen molar-refractivity contribution in [1.29, 1.82) is 0 Å². The van der Waals surface area contributed by atoms with Crippen molar-refractivity contribution in [2.75, 3.05) is 19.0 Å². The first-order chi connectivity index (χ1) is 9.81. The van der Waals surface area contributed by atoms with Gasteiger partial charge in [-0.1, -0.05) is 11.6 Å².